The lowest BCUT2D eigenvalue weighted by atomic mass is 10.0. The van der Waals surface area contributed by atoms with Gasteiger partial charge in [-0.2, -0.15) is 0 Å². The van der Waals surface area contributed by atoms with Crippen molar-refractivity contribution in [1.82, 2.24) is 29.4 Å². The number of nitrogens with zero attached hydrogens (tertiary/aromatic N) is 6. The predicted octanol–water partition coefficient (Wildman–Crippen LogP) is 31.3. The second-order valence-electron chi connectivity index (χ2n) is 38.8. The van der Waals surface area contributed by atoms with Crippen molar-refractivity contribution in [3.8, 4) is 0 Å². The minimum atomic E-state index is -0.509. The first-order chi connectivity index (χ1) is 67.0. The van der Waals surface area contributed by atoms with Crippen LogP contribution < -0.4 is 0 Å². The molecule has 0 saturated heterocycles. The lowest BCUT2D eigenvalue weighted by Crippen LogP contribution is -2.40. The van der Waals surface area contributed by atoms with E-state index in [9.17, 15) is 43.2 Å². The minimum absolute atomic E-state index is 0.138. The number of thioether (sulfide) groups is 3. The molecule has 0 aromatic rings. The fraction of sp³-hybridized carbons (Fsp3) is 0.886. The standard InChI is InChI=1S/C42H82N2O5S.C37H70N2O5S.C35H66N2O5S/c1-7-13-17-21-25-30-38(31-26-22-18-14-8-2)48-40(45)36-44(42(47)50-35-29-34-43(11-5)12-6)37-41(46)49-39(32-27-23-19-15-9-3)33-28-24-20-16-10-4;1-6-10-13-16-19-22-25-30-43-35(40)32-39(37(42)45-31-26-29-38(5)9-4)33-36(41)44-34(27-23-20-17-14-11-7-2)28-24-21-18-15-12-8-3;1-6-9-12-15-17-20-23-28-41-33(38)30-37(35(40)43-29-24-27-36(4)5)31-34(39)42-32(25-21-18-14-11-8-3)26-22-19-16-13-10-7-2/h38-39H,7-37H2,1-6H3;22,25,34H,6-21,23-24,26-33H2,1-5H3;20,23,32H,6-19,21-22,24-31H2,1-5H3/b;25-22-;23-20-. The van der Waals surface area contributed by atoms with Gasteiger partial charge in [-0.25, -0.2) is 0 Å². The maximum absolute atomic E-state index is 13.5. The van der Waals surface area contributed by atoms with Gasteiger partial charge in [0.05, 0.1) is 0 Å². The van der Waals surface area contributed by atoms with E-state index in [1.807, 2.05) is 38.4 Å². The minimum Gasteiger partial charge on any atom is -0.461 e. The van der Waals surface area contributed by atoms with Crippen molar-refractivity contribution in [1.29, 1.82) is 0 Å². The molecule has 0 radical (unpaired) electrons. The molecule has 0 saturated carbocycles. The number of esters is 6. The summed E-state index contributed by atoms with van der Waals surface area (Å²) in [5.41, 5.74) is 0. The number of hydrogen-bond donors (Lipinski definition) is 0. The maximum Gasteiger partial charge on any atom is 0.326 e. The normalized spacial score (nSPS) is 11.7. The number of carbonyl (C=O) groups excluding carboxylic acids is 9. The average Bonchev–Trinajstić information content (AvgIpc) is 0.900. The van der Waals surface area contributed by atoms with Gasteiger partial charge in [0.1, 0.15) is 76.9 Å². The summed E-state index contributed by atoms with van der Waals surface area (Å²) in [4.78, 5) is 129. The summed E-state index contributed by atoms with van der Waals surface area (Å²) < 4.78 is 34.8. The second kappa shape index (κ2) is 107. The summed E-state index contributed by atoms with van der Waals surface area (Å²) in [7, 11) is 6.04. The molecular formula is C114H218N6O15S3. The topological polar surface area (TPSA) is 228 Å². The van der Waals surface area contributed by atoms with Crippen molar-refractivity contribution in [2.24, 2.45) is 0 Å². The SMILES string of the molecule is CCCCCC/C=C\COC(=O)CN(CC(=O)OC(CCCCCCC)CCCCCCCC)C(=O)SCCCN(C)C.CCCCCC/C=C\COC(=O)CN(CC(=O)OC(CCCCCCCC)CCCCCCCC)C(=O)SCCCN(C)CC.CCCCCCCC(CCCCCCC)OC(=O)CN(CC(=O)OC(CCCCCCC)CCCCCCC)C(=O)SCCCN(CC)CC. The Bertz CT molecular complexity index is 2750. The molecule has 138 heavy (non-hydrogen) atoms. The van der Waals surface area contributed by atoms with E-state index in [0.29, 0.717) is 17.3 Å². The summed E-state index contributed by atoms with van der Waals surface area (Å²) >= 11 is 3.50. The summed E-state index contributed by atoms with van der Waals surface area (Å²) in [6, 6.07) is 0. The van der Waals surface area contributed by atoms with Gasteiger partial charge < -0.3 is 57.8 Å². The van der Waals surface area contributed by atoms with Crippen molar-refractivity contribution >= 4 is 86.8 Å². The molecule has 21 nitrogen and oxygen atoms in total. The van der Waals surface area contributed by atoms with Crippen LogP contribution in [0.25, 0.3) is 0 Å². The highest BCUT2D eigenvalue weighted by Gasteiger charge is 2.29. The molecule has 0 heterocycles. The number of amides is 3. The molecule has 1 unspecified atom stereocenters. The molecule has 0 N–H and O–H groups in total. The number of hydrogen-bond acceptors (Lipinski definition) is 21. The van der Waals surface area contributed by atoms with Crippen LogP contribution in [0.1, 0.15) is 501 Å². The smallest absolute Gasteiger partial charge is 0.326 e. The Morgan fingerprint density at radius 3 is 0.667 bits per heavy atom. The highest BCUT2D eigenvalue weighted by molar-refractivity contribution is 8.14. The van der Waals surface area contributed by atoms with Gasteiger partial charge in [-0.1, -0.05) is 413 Å². The van der Waals surface area contributed by atoms with Gasteiger partial charge in [0, 0.05) is 17.3 Å². The molecule has 0 aliphatic rings. The van der Waals surface area contributed by atoms with Crippen LogP contribution in [0.4, 0.5) is 14.4 Å². The average molecular weight is 2010 g/mol. The third kappa shape index (κ3) is 95.2. The number of ether oxygens (including phenoxy) is 6. The van der Waals surface area contributed by atoms with Crippen molar-refractivity contribution in [3.63, 3.8) is 0 Å². The molecule has 1 atom stereocenters. The lowest BCUT2D eigenvalue weighted by Gasteiger charge is -2.25. The summed E-state index contributed by atoms with van der Waals surface area (Å²) in [6.07, 6.45) is 78.8. The first kappa shape index (κ1) is 138. The van der Waals surface area contributed by atoms with Crippen LogP contribution in [0.3, 0.4) is 0 Å². The first-order valence-corrected chi connectivity index (χ1v) is 60.2. The highest BCUT2D eigenvalue weighted by atomic mass is 32.2. The first-order valence-electron chi connectivity index (χ1n) is 57.2. The van der Waals surface area contributed by atoms with Gasteiger partial charge in [-0.05, 0) is 208 Å². The van der Waals surface area contributed by atoms with Crippen LogP contribution in [0.15, 0.2) is 24.3 Å². The number of rotatable bonds is 96. The molecule has 24 heteroatoms. The van der Waals surface area contributed by atoms with Gasteiger partial charge in [-0.3, -0.25) is 43.2 Å². The summed E-state index contributed by atoms with van der Waals surface area (Å²) in [6.45, 7) is 33.1. The van der Waals surface area contributed by atoms with Gasteiger partial charge in [0.25, 0.3) is 15.7 Å². The van der Waals surface area contributed by atoms with Crippen LogP contribution in [0.5, 0.6) is 0 Å². The largest absolute Gasteiger partial charge is 0.461 e. The fourth-order valence-corrected chi connectivity index (χ4v) is 18.6. The van der Waals surface area contributed by atoms with Crippen molar-refractivity contribution in [2.45, 2.75) is 525 Å². The lowest BCUT2D eigenvalue weighted by molar-refractivity contribution is -0.154. The Morgan fingerprint density at radius 2 is 0.442 bits per heavy atom. The number of unbranched alkanes of at least 4 members (excludes halogenated alkanes) is 43. The van der Waals surface area contributed by atoms with Gasteiger partial charge >= 0.3 is 35.8 Å². The molecule has 0 aromatic heterocycles. The molecule has 0 aliphatic carbocycles. The quantitative estimate of drug-likeness (QED) is 0.0238. The zero-order chi connectivity index (χ0) is 102. The molecule has 0 fully saturated rings. The highest BCUT2D eigenvalue weighted by Crippen LogP contribution is 2.25. The Hall–Kier alpha value is -4.36. The molecule has 0 bridgehead atoms. The van der Waals surface area contributed by atoms with E-state index in [4.69, 9.17) is 28.4 Å². The van der Waals surface area contributed by atoms with E-state index in [1.54, 1.807) is 0 Å². The van der Waals surface area contributed by atoms with Crippen LogP contribution in [-0.2, 0) is 57.2 Å². The molecule has 812 valence electrons. The second-order valence-corrected chi connectivity index (χ2v) is 42.0. The number of allylic oxidation sites excluding steroid dienone is 2. The van der Waals surface area contributed by atoms with E-state index < -0.39 is 35.8 Å². The van der Waals surface area contributed by atoms with E-state index in [2.05, 4.69) is 112 Å². The van der Waals surface area contributed by atoms with Gasteiger partial charge in [-0.15, -0.1) is 0 Å². The third-order valence-electron chi connectivity index (χ3n) is 25.3. The zero-order valence-electron chi connectivity index (χ0n) is 92.4. The molecule has 0 rings (SSSR count). The van der Waals surface area contributed by atoms with Gasteiger partial charge in [0.15, 0.2) is 0 Å². The Labute approximate surface area is 862 Å². The van der Waals surface area contributed by atoms with Crippen LogP contribution >= 0.6 is 35.3 Å². The fourth-order valence-electron chi connectivity index (χ4n) is 16.3. The van der Waals surface area contributed by atoms with Crippen molar-refractivity contribution in [3.05, 3.63) is 24.3 Å². The van der Waals surface area contributed by atoms with E-state index >= 15 is 0 Å². The van der Waals surface area contributed by atoms with Crippen LogP contribution in [-0.4, -0.2) is 236 Å². The number of carbonyl (C=O) groups is 9. The predicted molar refractivity (Wildman–Crippen MR) is 590 cm³/mol. The monoisotopic (exact) mass is 2010 g/mol. The third-order valence-corrected chi connectivity index (χ3v) is 28.3. The maximum atomic E-state index is 13.5. The van der Waals surface area contributed by atoms with E-state index in [1.165, 1.54) is 238 Å². The molecule has 3 amide bonds. The molecule has 0 aliphatic heterocycles. The van der Waals surface area contributed by atoms with E-state index in [0.717, 1.165) is 262 Å². The molecule has 0 spiro atoms. The Balaban J connectivity index is -0.00000199. The van der Waals surface area contributed by atoms with Crippen molar-refractivity contribution < 1.29 is 71.6 Å². The van der Waals surface area contributed by atoms with Crippen LogP contribution in [0.2, 0.25) is 0 Å². The molecule has 0 aromatic carbocycles. The molecular weight excluding hydrogens is 1790 g/mol. The summed E-state index contributed by atoms with van der Waals surface area (Å²) in [5.74, 6) is -0.815. The summed E-state index contributed by atoms with van der Waals surface area (Å²) in [5, 5.41) is -0.811. The van der Waals surface area contributed by atoms with Gasteiger partial charge in [0.2, 0.25) is 0 Å². The Kier molecular flexibility index (Phi) is 107. The van der Waals surface area contributed by atoms with Crippen molar-refractivity contribution in [2.75, 3.05) is 130 Å². The van der Waals surface area contributed by atoms with Crippen LogP contribution in [0, 0.1) is 0 Å². The van der Waals surface area contributed by atoms with E-state index in [-0.39, 0.29) is 92.6 Å². The Morgan fingerprint density at radius 1 is 0.232 bits per heavy atom. The zero-order valence-corrected chi connectivity index (χ0v) is 94.9.